The molecule has 0 spiro atoms. The van der Waals surface area contributed by atoms with Gasteiger partial charge in [-0.25, -0.2) is 0 Å². The van der Waals surface area contributed by atoms with E-state index in [0.29, 0.717) is 23.7 Å². The zero-order valence-corrected chi connectivity index (χ0v) is 14.2. The molecule has 1 heterocycles. The van der Waals surface area contributed by atoms with E-state index in [1.54, 1.807) is 33.5 Å². The van der Waals surface area contributed by atoms with Crippen molar-refractivity contribution < 1.29 is 19.1 Å². The molecule has 0 aliphatic carbocycles. The van der Waals surface area contributed by atoms with E-state index in [-0.39, 0.29) is 5.69 Å². The molecule has 0 bridgehead atoms. The predicted molar refractivity (Wildman–Crippen MR) is 93.9 cm³/mol. The number of nitrogens with one attached hydrogen (secondary N) is 1. The van der Waals surface area contributed by atoms with Gasteiger partial charge in [0.1, 0.15) is 0 Å². The summed E-state index contributed by atoms with van der Waals surface area (Å²) < 4.78 is 16.1. The molecule has 1 N–H and O–H groups in total. The Kier molecular flexibility index (Phi) is 4.47. The number of non-ortho nitro benzene ring substituents is 1. The lowest BCUT2D eigenvalue weighted by atomic mass is 10.0. The third-order valence-corrected chi connectivity index (χ3v) is 4.08. The Morgan fingerprint density at radius 1 is 1.04 bits per heavy atom. The third kappa shape index (κ3) is 3.08. The average molecular weight is 342 g/mol. The molecule has 2 aromatic carbocycles. The highest BCUT2D eigenvalue weighted by Crippen LogP contribution is 2.39. The van der Waals surface area contributed by atoms with Gasteiger partial charge in [-0.3, -0.25) is 10.1 Å². The van der Waals surface area contributed by atoms with Crippen LogP contribution in [0.5, 0.6) is 17.2 Å². The third-order valence-electron chi connectivity index (χ3n) is 4.08. The second-order valence-corrected chi connectivity index (χ2v) is 5.51. The number of nitro benzene ring substituents is 1. The Hall–Kier alpha value is -3.22. The van der Waals surface area contributed by atoms with Crippen molar-refractivity contribution in [2.75, 3.05) is 21.3 Å². The van der Waals surface area contributed by atoms with E-state index in [4.69, 9.17) is 14.2 Å². The minimum Gasteiger partial charge on any atom is -0.493 e. The largest absolute Gasteiger partial charge is 0.493 e. The first-order valence-electron chi connectivity index (χ1n) is 7.60. The van der Waals surface area contributed by atoms with Crippen LogP contribution in [0.2, 0.25) is 0 Å². The van der Waals surface area contributed by atoms with Crippen molar-refractivity contribution in [3.63, 3.8) is 0 Å². The fraction of sp³-hybridized carbons (Fsp3) is 0.222. The number of H-pyrrole nitrogens is 1. The molecule has 3 rings (SSSR count). The first kappa shape index (κ1) is 16.6. The first-order chi connectivity index (χ1) is 12.1. The maximum atomic E-state index is 11.0. The van der Waals surface area contributed by atoms with Gasteiger partial charge in [0, 0.05) is 29.2 Å². The lowest BCUT2D eigenvalue weighted by molar-refractivity contribution is -0.384. The molecule has 0 unspecified atom stereocenters. The predicted octanol–water partition coefficient (Wildman–Crippen LogP) is 3.69. The molecule has 0 amide bonds. The topological polar surface area (TPSA) is 86.6 Å². The number of nitro groups is 1. The molecule has 0 atom stereocenters. The summed E-state index contributed by atoms with van der Waals surface area (Å²) in [6.07, 6.45) is 2.43. The van der Waals surface area contributed by atoms with E-state index >= 15 is 0 Å². The summed E-state index contributed by atoms with van der Waals surface area (Å²) >= 11 is 0. The zero-order valence-electron chi connectivity index (χ0n) is 14.2. The highest BCUT2D eigenvalue weighted by Gasteiger charge is 2.15. The molecule has 0 radical (unpaired) electrons. The Labute approximate surface area is 144 Å². The fourth-order valence-electron chi connectivity index (χ4n) is 2.88. The normalized spacial score (nSPS) is 10.7. The summed E-state index contributed by atoms with van der Waals surface area (Å²) in [5.74, 6) is 1.67. The smallest absolute Gasteiger partial charge is 0.270 e. The number of nitrogens with zero attached hydrogens (tertiary/aromatic N) is 1. The number of hydrogen-bond acceptors (Lipinski definition) is 5. The molecule has 0 saturated heterocycles. The molecule has 0 saturated carbocycles. The Balaban J connectivity index is 2.04. The zero-order chi connectivity index (χ0) is 18.0. The van der Waals surface area contributed by atoms with E-state index in [1.165, 1.54) is 6.07 Å². The van der Waals surface area contributed by atoms with Crippen LogP contribution in [0.25, 0.3) is 10.9 Å². The van der Waals surface area contributed by atoms with Crippen molar-refractivity contribution in [3.8, 4) is 17.2 Å². The first-order valence-corrected chi connectivity index (χ1v) is 7.60. The molecule has 3 aromatic rings. The molecule has 1 aromatic heterocycles. The van der Waals surface area contributed by atoms with Gasteiger partial charge in [-0.1, -0.05) is 0 Å². The van der Waals surface area contributed by atoms with Crippen LogP contribution in [0.3, 0.4) is 0 Å². The van der Waals surface area contributed by atoms with E-state index in [1.807, 2.05) is 18.3 Å². The van der Waals surface area contributed by atoms with E-state index < -0.39 is 4.92 Å². The number of benzene rings is 2. The Bertz CT molecular complexity index is 907. The van der Waals surface area contributed by atoms with Crippen molar-refractivity contribution >= 4 is 16.6 Å². The van der Waals surface area contributed by atoms with Crippen LogP contribution in [0, 0.1) is 10.1 Å². The monoisotopic (exact) mass is 342 g/mol. The maximum absolute atomic E-state index is 11.0. The lowest BCUT2D eigenvalue weighted by Crippen LogP contribution is -1.97. The number of ether oxygens (including phenoxy) is 3. The second-order valence-electron chi connectivity index (χ2n) is 5.51. The van der Waals surface area contributed by atoms with E-state index in [0.717, 1.165) is 22.0 Å². The lowest BCUT2D eigenvalue weighted by Gasteiger charge is -2.14. The van der Waals surface area contributed by atoms with Gasteiger partial charge in [-0.2, -0.15) is 0 Å². The number of aromatic nitrogens is 1. The van der Waals surface area contributed by atoms with Crippen LogP contribution < -0.4 is 14.2 Å². The molecule has 0 aliphatic rings. The van der Waals surface area contributed by atoms with Crippen molar-refractivity contribution in [2.24, 2.45) is 0 Å². The van der Waals surface area contributed by atoms with Crippen LogP contribution in [-0.2, 0) is 6.42 Å². The number of fused-ring (bicyclic) bond motifs is 1. The van der Waals surface area contributed by atoms with Gasteiger partial charge in [0.05, 0.1) is 26.3 Å². The molecule has 0 fully saturated rings. The minimum absolute atomic E-state index is 0.0678. The summed E-state index contributed by atoms with van der Waals surface area (Å²) in [7, 11) is 4.69. The molecule has 25 heavy (non-hydrogen) atoms. The van der Waals surface area contributed by atoms with Gasteiger partial charge in [-0.15, -0.1) is 0 Å². The summed E-state index contributed by atoms with van der Waals surface area (Å²) in [6, 6.07) is 8.53. The standard InChI is InChI=1S/C18H18N2O5/c1-23-16-7-11(8-17(24-2)18(16)25-3)6-12-10-19-15-5-4-13(20(21)22)9-14(12)15/h4-5,7-10,19H,6H2,1-3H3. The van der Waals surface area contributed by atoms with Crippen LogP contribution >= 0.6 is 0 Å². The van der Waals surface area contributed by atoms with Gasteiger partial charge in [0.15, 0.2) is 11.5 Å². The Morgan fingerprint density at radius 2 is 1.72 bits per heavy atom. The maximum Gasteiger partial charge on any atom is 0.270 e. The van der Waals surface area contributed by atoms with Crippen molar-refractivity contribution in [1.29, 1.82) is 0 Å². The van der Waals surface area contributed by atoms with Crippen LogP contribution in [0.4, 0.5) is 5.69 Å². The summed E-state index contributed by atoms with van der Waals surface area (Å²) in [6.45, 7) is 0. The second kappa shape index (κ2) is 6.72. The average Bonchev–Trinajstić information content (AvgIpc) is 3.02. The number of rotatable bonds is 6. The molecular weight excluding hydrogens is 324 g/mol. The van der Waals surface area contributed by atoms with E-state index in [9.17, 15) is 10.1 Å². The number of methoxy groups -OCH3 is 3. The van der Waals surface area contributed by atoms with Gasteiger partial charge < -0.3 is 19.2 Å². The Morgan fingerprint density at radius 3 is 2.28 bits per heavy atom. The number of hydrogen-bond donors (Lipinski definition) is 1. The summed E-state index contributed by atoms with van der Waals surface area (Å²) in [5, 5.41) is 11.8. The van der Waals surface area contributed by atoms with Gasteiger partial charge >= 0.3 is 0 Å². The van der Waals surface area contributed by atoms with Crippen molar-refractivity contribution in [2.45, 2.75) is 6.42 Å². The van der Waals surface area contributed by atoms with Crippen LogP contribution in [0.1, 0.15) is 11.1 Å². The van der Waals surface area contributed by atoms with Crippen LogP contribution in [0.15, 0.2) is 36.5 Å². The van der Waals surface area contributed by atoms with Gasteiger partial charge in [0.2, 0.25) is 5.75 Å². The molecule has 7 nitrogen and oxygen atoms in total. The highest BCUT2D eigenvalue weighted by atomic mass is 16.6. The van der Waals surface area contributed by atoms with Gasteiger partial charge in [-0.05, 0) is 35.7 Å². The molecule has 130 valence electrons. The minimum atomic E-state index is -0.393. The molecule has 0 aliphatic heterocycles. The highest BCUT2D eigenvalue weighted by molar-refractivity contribution is 5.85. The molecular formula is C18H18N2O5. The summed E-state index contributed by atoms with van der Waals surface area (Å²) in [5.41, 5.74) is 2.82. The van der Waals surface area contributed by atoms with Crippen molar-refractivity contribution in [3.05, 3.63) is 57.8 Å². The number of aromatic amines is 1. The van der Waals surface area contributed by atoms with E-state index in [2.05, 4.69) is 4.98 Å². The van der Waals surface area contributed by atoms with Crippen LogP contribution in [-0.4, -0.2) is 31.2 Å². The summed E-state index contributed by atoms with van der Waals surface area (Å²) in [4.78, 5) is 13.8. The fourth-order valence-corrected chi connectivity index (χ4v) is 2.88. The quantitative estimate of drug-likeness (QED) is 0.545. The SMILES string of the molecule is COc1cc(Cc2c[nH]c3ccc([N+](=O)[O-])cc23)cc(OC)c1OC. The van der Waals surface area contributed by atoms with Crippen molar-refractivity contribution in [1.82, 2.24) is 4.98 Å². The van der Waals surface area contributed by atoms with Gasteiger partial charge in [0.25, 0.3) is 5.69 Å². The molecule has 7 heteroatoms.